The van der Waals surface area contributed by atoms with Crippen molar-refractivity contribution in [2.75, 3.05) is 0 Å². The van der Waals surface area contributed by atoms with Gasteiger partial charge in [0.25, 0.3) is 0 Å². The van der Waals surface area contributed by atoms with E-state index in [1.165, 1.54) is 0 Å². The van der Waals surface area contributed by atoms with Crippen LogP contribution in [0, 0.1) is 0 Å². The minimum absolute atomic E-state index is 0.208. The lowest BCUT2D eigenvalue weighted by atomic mass is 9.94. The predicted octanol–water partition coefficient (Wildman–Crippen LogP) is 1.52. The van der Waals surface area contributed by atoms with E-state index in [1.807, 2.05) is 6.92 Å². The molecule has 0 radical (unpaired) electrons. The Balaban J connectivity index is 2.68. The molecule has 1 N–H and O–H groups in total. The normalized spacial score (nSPS) is 39.4. The standard InChI is InChI=1S/C5H8OS/c1-5(7)3-2-4(5)6/h2,6-7H,3H2,1H3. The Bertz CT molecular complexity index is 115. The molecule has 7 heavy (non-hydrogen) atoms. The number of aliphatic hydroxyl groups is 1. The molecule has 0 spiro atoms. The molecular weight excluding hydrogens is 108 g/mol. The van der Waals surface area contributed by atoms with Crippen molar-refractivity contribution in [3.05, 3.63) is 11.8 Å². The van der Waals surface area contributed by atoms with Gasteiger partial charge >= 0.3 is 0 Å². The fourth-order valence-electron chi connectivity index (χ4n) is 0.489. The lowest BCUT2D eigenvalue weighted by Gasteiger charge is -2.28. The third-order valence-corrected chi connectivity index (χ3v) is 1.66. The number of rotatable bonds is 0. The molecular formula is C5H8OS. The molecule has 1 unspecified atom stereocenters. The molecule has 1 atom stereocenters. The van der Waals surface area contributed by atoms with Crippen molar-refractivity contribution in [2.24, 2.45) is 0 Å². The summed E-state index contributed by atoms with van der Waals surface area (Å²) in [5.41, 5.74) is 0. The van der Waals surface area contributed by atoms with Crippen molar-refractivity contribution >= 4 is 12.6 Å². The Morgan fingerprint density at radius 2 is 2.43 bits per heavy atom. The van der Waals surface area contributed by atoms with E-state index in [2.05, 4.69) is 12.6 Å². The first-order valence-electron chi connectivity index (χ1n) is 2.25. The summed E-state index contributed by atoms with van der Waals surface area (Å²) in [6, 6.07) is 0. The van der Waals surface area contributed by atoms with Crippen LogP contribution in [0.4, 0.5) is 0 Å². The van der Waals surface area contributed by atoms with E-state index in [0.29, 0.717) is 5.76 Å². The highest BCUT2D eigenvalue weighted by Gasteiger charge is 2.30. The van der Waals surface area contributed by atoms with Gasteiger partial charge in [0.15, 0.2) is 0 Å². The number of aliphatic hydroxyl groups excluding tert-OH is 1. The topological polar surface area (TPSA) is 20.2 Å². The van der Waals surface area contributed by atoms with E-state index in [-0.39, 0.29) is 4.75 Å². The zero-order valence-electron chi connectivity index (χ0n) is 4.18. The van der Waals surface area contributed by atoms with Crippen molar-refractivity contribution in [3.63, 3.8) is 0 Å². The minimum Gasteiger partial charge on any atom is -0.511 e. The van der Waals surface area contributed by atoms with Gasteiger partial charge in [-0.3, -0.25) is 0 Å². The Labute approximate surface area is 48.5 Å². The lowest BCUT2D eigenvalue weighted by molar-refractivity contribution is 0.328. The minimum atomic E-state index is -0.208. The molecule has 0 aromatic rings. The summed E-state index contributed by atoms with van der Waals surface area (Å²) in [7, 11) is 0. The highest BCUT2D eigenvalue weighted by molar-refractivity contribution is 7.82. The first kappa shape index (κ1) is 5.04. The summed E-state index contributed by atoms with van der Waals surface area (Å²) in [5, 5.41) is 8.76. The zero-order chi connectivity index (χ0) is 5.49. The van der Waals surface area contributed by atoms with Crippen LogP contribution >= 0.6 is 12.6 Å². The first-order chi connectivity index (χ1) is 3.13. The van der Waals surface area contributed by atoms with Crippen LogP contribution in [0.2, 0.25) is 0 Å². The third-order valence-electron chi connectivity index (χ3n) is 1.24. The molecule has 1 nitrogen and oxygen atoms in total. The van der Waals surface area contributed by atoms with Crippen LogP contribution in [0.3, 0.4) is 0 Å². The summed E-state index contributed by atoms with van der Waals surface area (Å²) in [4.78, 5) is 0. The van der Waals surface area contributed by atoms with Crippen molar-refractivity contribution < 1.29 is 5.11 Å². The second kappa shape index (κ2) is 1.19. The molecule has 0 fully saturated rings. The van der Waals surface area contributed by atoms with Gasteiger partial charge < -0.3 is 5.11 Å². The second-order valence-electron chi connectivity index (χ2n) is 2.07. The second-order valence-corrected chi connectivity index (χ2v) is 3.05. The quantitative estimate of drug-likeness (QED) is 0.460. The van der Waals surface area contributed by atoms with Crippen LogP contribution in [0.1, 0.15) is 13.3 Å². The highest BCUT2D eigenvalue weighted by atomic mass is 32.1. The fourth-order valence-corrected chi connectivity index (χ4v) is 0.671. The monoisotopic (exact) mass is 116 g/mol. The average Bonchev–Trinajstić information content (AvgIpc) is 1.63. The van der Waals surface area contributed by atoms with Crippen molar-refractivity contribution in [1.82, 2.24) is 0 Å². The highest BCUT2D eigenvalue weighted by Crippen LogP contribution is 2.34. The molecule has 0 aliphatic heterocycles. The third kappa shape index (κ3) is 0.630. The maximum Gasteiger partial charge on any atom is 0.104 e. The Kier molecular flexibility index (Phi) is 0.854. The maximum absolute atomic E-state index is 8.76. The Morgan fingerprint density at radius 3 is 2.43 bits per heavy atom. The molecule has 0 aromatic carbocycles. The number of hydrogen-bond acceptors (Lipinski definition) is 2. The molecule has 0 saturated carbocycles. The van der Waals surface area contributed by atoms with Crippen molar-refractivity contribution in [2.45, 2.75) is 18.1 Å². The average molecular weight is 116 g/mol. The number of allylic oxidation sites excluding steroid dienone is 1. The van der Waals surface area contributed by atoms with E-state index in [0.717, 1.165) is 6.42 Å². The number of hydrogen-bond donors (Lipinski definition) is 2. The van der Waals surface area contributed by atoms with E-state index >= 15 is 0 Å². The van der Waals surface area contributed by atoms with E-state index in [9.17, 15) is 0 Å². The summed E-state index contributed by atoms with van der Waals surface area (Å²) >= 11 is 4.12. The van der Waals surface area contributed by atoms with Gasteiger partial charge in [-0.15, -0.1) is 0 Å². The van der Waals surface area contributed by atoms with E-state index in [1.54, 1.807) is 6.08 Å². The van der Waals surface area contributed by atoms with Gasteiger partial charge in [-0.25, -0.2) is 0 Å². The van der Waals surface area contributed by atoms with Crippen LogP contribution in [0.5, 0.6) is 0 Å². The largest absolute Gasteiger partial charge is 0.511 e. The molecule has 0 aromatic heterocycles. The van der Waals surface area contributed by atoms with Gasteiger partial charge in [-0.2, -0.15) is 12.6 Å². The molecule has 0 amide bonds. The van der Waals surface area contributed by atoms with Crippen LogP contribution in [0.15, 0.2) is 11.8 Å². The van der Waals surface area contributed by atoms with E-state index in [4.69, 9.17) is 5.11 Å². The summed E-state index contributed by atoms with van der Waals surface area (Å²) in [6.45, 7) is 1.89. The van der Waals surface area contributed by atoms with Crippen LogP contribution in [-0.2, 0) is 0 Å². The molecule has 1 rings (SSSR count). The van der Waals surface area contributed by atoms with Gasteiger partial charge in [-0.1, -0.05) is 0 Å². The molecule has 0 heterocycles. The zero-order valence-corrected chi connectivity index (χ0v) is 5.07. The molecule has 40 valence electrons. The Morgan fingerprint density at radius 1 is 2.00 bits per heavy atom. The van der Waals surface area contributed by atoms with Crippen LogP contribution in [0.25, 0.3) is 0 Å². The van der Waals surface area contributed by atoms with Gasteiger partial charge in [0.2, 0.25) is 0 Å². The molecule has 1 aliphatic rings. The molecule has 0 bridgehead atoms. The molecule has 0 saturated heterocycles. The Hall–Kier alpha value is -0.110. The van der Waals surface area contributed by atoms with Crippen LogP contribution < -0.4 is 0 Å². The first-order valence-corrected chi connectivity index (χ1v) is 2.69. The predicted molar refractivity (Wildman–Crippen MR) is 32.7 cm³/mol. The lowest BCUT2D eigenvalue weighted by Crippen LogP contribution is -2.26. The summed E-state index contributed by atoms with van der Waals surface area (Å²) in [5.74, 6) is 0.413. The van der Waals surface area contributed by atoms with E-state index < -0.39 is 0 Å². The summed E-state index contributed by atoms with van der Waals surface area (Å²) in [6.07, 6.45) is 2.66. The van der Waals surface area contributed by atoms with Gasteiger partial charge in [0.1, 0.15) is 5.76 Å². The SMILES string of the molecule is CC1(S)CC=C1O. The van der Waals surface area contributed by atoms with Gasteiger partial charge in [0.05, 0.1) is 4.75 Å². The van der Waals surface area contributed by atoms with Gasteiger partial charge in [-0.05, 0) is 19.4 Å². The number of thiol groups is 1. The van der Waals surface area contributed by atoms with Crippen LogP contribution in [-0.4, -0.2) is 9.85 Å². The summed E-state index contributed by atoms with van der Waals surface area (Å²) < 4.78 is -0.208. The van der Waals surface area contributed by atoms with Crippen molar-refractivity contribution in [3.8, 4) is 0 Å². The smallest absolute Gasteiger partial charge is 0.104 e. The maximum atomic E-state index is 8.76. The fraction of sp³-hybridized carbons (Fsp3) is 0.600. The molecule has 1 aliphatic carbocycles. The van der Waals surface area contributed by atoms with Crippen molar-refractivity contribution in [1.29, 1.82) is 0 Å². The van der Waals surface area contributed by atoms with Gasteiger partial charge in [0, 0.05) is 0 Å². The molecule has 2 heteroatoms.